The quantitative estimate of drug-likeness (QED) is 0.622. The zero-order chi connectivity index (χ0) is 21.0. The summed E-state index contributed by atoms with van der Waals surface area (Å²) in [6, 6.07) is 13.9. The van der Waals surface area contributed by atoms with E-state index in [0.29, 0.717) is 23.7 Å². The van der Waals surface area contributed by atoms with Gasteiger partial charge in [-0.15, -0.1) is 0 Å². The van der Waals surface area contributed by atoms with Crippen molar-refractivity contribution in [3.05, 3.63) is 64.9 Å². The fourth-order valence-electron chi connectivity index (χ4n) is 3.24. The number of aromatic nitrogens is 2. The molecule has 0 fully saturated rings. The molecule has 0 bridgehead atoms. The van der Waals surface area contributed by atoms with Crippen LogP contribution in [0.1, 0.15) is 30.0 Å². The van der Waals surface area contributed by atoms with Crippen LogP contribution in [0.3, 0.4) is 0 Å². The minimum absolute atomic E-state index is 0.0536. The van der Waals surface area contributed by atoms with Gasteiger partial charge in [-0.25, -0.2) is 4.98 Å². The molecule has 0 radical (unpaired) electrons. The highest BCUT2D eigenvalue weighted by atomic mass is 35.5. The van der Waals surface area contributed by atoms with Crippen molar-refractivity contribution in [3.8, 4) is 0 Å². The molecule has 0 aliphatic rings. The van der Waals surface area contributed by atoms with Gasteiger partial charge in [-0.1, -0.05) is 37.6 Å². The second-order valence-corrected chi connectivity index (χ2v) is 7.73. The third kappa shape index (κ3) is 4.95. The number of para-hydroxylation sites is 2. The number of carbonyl (C=O) groups is 2. The van der Waals surface area contributed by atoms with Crippen molar-refractivity contribution in [2.75, 3.05) is 6.54 Å². The zero-order valence-electron chi connectivity index (χ0n) is 16.8. The van der Waals surface area contributed by atoms with Gasteiger partial charge in [0.2, 0.25) is 5.91 Å². The van der Waals surface area contributed by atoms with Gasteiger partial charge in [0.25, 0.3) is 5.91 Å². The molecule has 0 spiro atoms. The van der Waals surface area contributed by atoms with E-state index in [2.05, 4.69) is 20.2 Å². The van der Waals surface area contributed by atoms with Crippen molar-refractivity contribution < 1.29 is 9.59 Å². The van der Waals surface area contributed by atoms with Gasteiger partial charge in [0.1, 0.15) is 11.9 Å². The summed E-state index contributed by atoms with van der Waals surface area (Å²) in [5.74, 6) is 0.343. The molecule has 2 N–H and O–H groups in total. The van der Waals surface area contributed by atoms with E-state index < -0.39 is 6.04 Å². The van der Waals surface area contributed by atoms with E-state index in [4.69, 9.17) is 11.6 Å². The Morgan fingerprint density at radius 2 is 1.79 bits per heavy atom. The lowest BCUT2D eigenvalue weighted by atomic mass is 10.0. The number of aryl methyl sites for hydroxylation is 1. The number of rotatable bonds is 7. The number of hydrogen-bond acceptors (Lipinski definition) is 3. The van der Waals surface area contributed by atoms with Crippen LogP contribution < -0.4 is 10.6 Å². The van der Waals surface area contributed by atoms with Gasteiger partial charge < -0.3 is 15.2 Å². The SMILES string of the molecule is Cc1nc2ccccc2n1CCNC(=O)C(NC(=O)c1ccc(Cl)cc1)C(C)C. The normalized spacial score (nSPS) is 12.2. The van der Waals surface area contributed by atoms with E-state index in [9.17, 15) is 9.59 Å². The largest absolute Gasteiger partial charge is 0.353 e. The van der Waals surface area contributed by atoms with E-state index in [1.165, 1.54) is 0 Å². The van der Waals surface area contributed by atoms with Crippen molar-refractivity contribution in [1.82, 2.24) is 20.2 Å². The second-order valence-electron chi connectivity index (χ2n) is 7.29. The van der Waals surface area contributed by atoms with E-state index in [1.807, 2.05) is 45.0 Å². The van der Waals surface area contributed by atoms with Crippen LogP contribution in [0.5, 0.6) is 0 Å². The predicted octanol–water partition coefficient (Wildman–Crippen LogP) is 3.57. The van der Waals surface area contributed by atoms with E-state index in [-0.39, 0.29) is 17.7 Å². The Morgan fingerprint density at radius 3 is 2.48 bits per heavy atom. The third-order valence-electron chi connectivity index (χ3n) is 4.82. The molecular weight excluding hydrogens is 388 g/mol. The molecule has 1 aromatic heterocycles. The van der Waals surface area contributed by atoms with Crippen molar-refractivity contribution in [1.29, 1.82) is 0 Å². The Morgan fingerprint density at radius 1 is 1.10 bits per heavy atom. The number of nitrogens with one attached hydrogen (secondary N) is 2. The van der Waals surface area contributed by atoms with Crippen molar-refractivity contribution >= 4 is 34.4 Å². The number of nitrogens with zero attached hydrogens (tertiary/aromatic N) is 2. The third-order valence-corrected chi connectivity index (χ3v) is 5.07. The first-order valence-corrected chi connectivity index (χ1v) is 10.0. The summed E-state index contributed by atoms with van der Waals surface area (Å²) in [5.41, 5.74) is 2.44. The molecular formula is C22H25ClN4O2. The molecule has 1 heterocycles. The molecule has 3 rings (SSSR count). The summed E-state index contributed by atoms with van der Waals surface area (Å²) in [6.07, 6.45) is 0. The second kappa shape index (κ2) is 9.09. The van der Waals surface area contributed by atoms with Crippen molar-refractivity contribution in [3.63, 3.8) is 0 Å². The van der Waals surface area contributed by atoms with Gasteiger partial charge in [0, 0.05) is 23.7 Å². The number of carbonyl (C=O) groups excluding carboxylic acids is 2. The first kappa shape index (κ1) is 20.9. The average Bonchev–Trinajstić information content (AvgIpc) is 3.01. The summed E-state index contributed by atoms with van der Waals surface area (Å²) < 4.78 is 2.08. The summed E-state index contributed by atoms with van der Waals surface area (Å²) >= 11 is 5.87. The minimum Gasteiger partial charge on any atom is -0.353 e. The van der Waals surface area contributed by atoms with Gasteiger partial charge in [0.05, 0.1) is 11.0 Å². The van der Waals surface area contributed by atoms with Crippen LogP contribution in [0.25, 0.3) is 11.0 Å². The lowest BCUT2D eigenvalue weighted by Gasteiger charge is -2.22. The van der Waals surface area contributed by atoms with Crippen LogP contribution in [0, 0.1) is 12.8 Å². The molecule has 3 aromatic rings. The molecule has 2 aromatic carbocycles. The Balaban J connectivity index is 1.61. The van der Waals surface area contributed by atoms with E-state index >= 15 is 0 Å². The topological polar surface area (TPSA) is 76.0 Å². The first-order valence-electron chi connectivity index (χ1n) is 9.63. The predicted molar refractivity (Wildman–Crippen MR) is 115 cm³/mol. The molecule has 1 atom stereocenters. The maximum atomic E-state index is 12.7. The summed E-state index contributed by atoms with van der Waals surface area (Å²) in [4.78, 5) is 29.7. The van der Waals surface area contributed by atoms with Crippen LogP contribution in [0.15, 0.2) is 48.5 Å². The maximum absolute atomic E-state index is 12.7. The van der Waals surface area contributed by atoms with Crippen LogP contribution in [-0.4, -0.2) is 34.0 Å². The Hall–Kier alpha value is -2.86. The van der Waals surface area contributed by atoms with Crippen molar-refractivity contribution in [2.24, 2.45) is 5.92 Å². The molecule has 0 saturated heterocycles. The van der Waals surface area contributed by atoms with Gasteiger partial charge in [-0.2, -0.15) is 0 Å². The molecule has 0 saturated carbocycles. The fraction of sp³-hybridized carbons (Fsp3) is 0.318. The minimum atomic E-state index is -0.626. The smallest absolute Gasteiger partial charge is 0.251 e. The van der Waals surface area contributed by atoms with Crippen LogP contribution in [0.4, 0.5) is 0 Å². The standard InChI is InChI=1S/C22H25ClN4O2/c1-14(2)20(26-21(28)16-8-10-17(23)11-9-16)22(29)24-12-13-27-15(3)25-18-6-4-5-7-19(18)27/h4-11,14,20H,12-13H2,1-3H3,(H,24,29)(H,26,28). The van der Waals surface area contributed by atoms with E-state index in [0.717, 1.165) is 16.9 Å². The van der Waals surface area contributed by atoms with E-state index in [1.54, 1.807) is 24.3 Å². The highest BCUT2D eigenvalue weighted by Crippen LogP contribution is 2.15. The lowest BCUT2D eigenvalue weighted by molar-refractivity contribution is -0.123. The number of fused-ring (bicyclic) bond motifs is 1. The Labute approximate surface area is 175 Å². The summed E-state index contributed by atoms with van der Waals surface area (Å²) in [7, 11) is 0. The highest BCUT2D eigenvalue weighted by molar-refractivity contribution is 6.30. The number of halogens is 1. The van der Waals surface area contributed by atoms with Gasteiger partial charge in [-0.3, -0.25) is 9.59 Å². The molecule has 6 nitrogen and oxygen atoms in total. The molecule has 2 amide bonds. The highest BCUT2D eigenvalue weighted by Gasteiger charge is 2.24. The van der Waals surface area contributed by atoms with Crippen molar-refractivity contribution in [2.45, 2.75) is 33.4 Å². The summed E-state index contributed by atoms with van der Waals surface area (Å²) in [6.45, 7) is 6.80. The van der Waals surface area contributed by atoms with Crippen LogP contribution in [-0.2, 0) is 11.3 Å². The van der Waals surface area contributed by atoms with Crippen LogP contribution in [0.2, 0.25) is 5.02 Å². The fourth-order valence-corrected chi connectivity index (χ4v) is 3.37. The molecule has 1 unspecified atom stereocenters. The lowest BCUT2D eigenvalue weighted by Crippen LogP contribution is -2.50. The number of amides is 2. The first-order chi connectivity index (χ1) is 13.9. The molecule has 0 aliphatic heterocycles. The summed E-state index contributed by atoms with van der Waals surface area (Å²) in [5, 5.41) is 6.32. The van der Waals surface area contributed by atoms with Gasteiger partial charge in [-0.05, 0) is 49.2 Å². The number of hydrogen-bond donors (Lipinski definition) is 2. The molecule has 0 aliphatic carbocycles. The average molecular weight is 413 g/mol. The number of benzene rings is 2. The number of imidazole rings is 1. The van der Waals surface area contributed by atoms with Crippen LogP contribution >= 0.6 is 11.6 Å². The van der Waals surface area contributed by atoms with Gasteiger partial charge in [0.15, 0.2) is 0 Å². The van der Waals surface area contributed by atoms with Gasteiger partial charge >= 0.3 is 0 Å². The maximum Gasteiger partial charge on any atom is 0.251 e. The molecule has 7 heteroatoms. The Kier molecular flexibility index (Phi) is 6.54. The zero-order valence-corrected chi connectivity index (χ0v) is 17.5. The monoisotopic (exact) mass is 412 g/mol. The molecule has 29 heavy (non-hydrogen) atoms. The molecule has 152 valence electrons. The Bertz CT molecular complexity index is 1010.